The van der Waals surface area contributed by atoms with Gasteiger partial charge >= 0.3 is 0 Å². The summed E-state index contributed by atoms with van der Waals surface area (Å²) < 4.78 is 22.2. The average molecular weight is 370 g/mol. The van der Waals surface area contributed by atoms with E-state index in [1.807, 2.05) is 13.8 Å². The first-order chi connectivity index (χ1) is 13.0. The van der Waals surface area contributed by atoms with E-state index in [4.69, 9.17) is 18.9 Å². The van der Waals surface area contributed by atoms with Crippen molar-refractivity contribution in [3.05, 3.63) is 36.5 Å². The number of amides is 1. The lowest BCUT2D eigenvalue weighted by molar-refractivity contribution is -0.130. The zero-order valence-corrected chi connectivity index (χ0v) is 15.4. The summed E-state index contributed by atoms with van der Waals surface area (Å²) in [6.45, 7) is 4.79. The maximum atomic E-state index is 12.7. The predicted octanol–water partition coefficient (Wildman–Crippen LogP) is 3.75. The van der Waals surface area contributed by atoms with E-state index in [1.165, 1.54) is 0 Å². The van der Waals surface area contributed by atoms with Gasteiger partial charge in [-0.2, -0.15) is 0 Å². The molecule has 1 saturated heterocycles. The number of anilines is 1. The molecule has 3 heterocycles. The van der Waals surface area contributed by atoms with Crippen LogP contribution in [0.3, 0.4) is 0 Å². The lowest BCUT2D eigenvalue weighted by Gasteiger charge is -2.34. The summed E-state index contributed by atoms with van der Waals surface area (Å²) in [7, 11) is 0. The first-order valence-corrected chi connectivity index (χ1v) is 8.97. The Bertz CT molecular complexity index is 852. The first kappa shape index (κ1) is 17.6. The number of benzene rings is 1. The Labute approximate surface area is 157 Å². The number of nitrogens with zero attached hydrogens (tertiary/aromatic N) is 1. The molecule has 1 unspecified atom stereocenters. The van der Waals surface area contributed by atoms with Crippen LogP contribution in [0.1, 0.15) is 26.7 Å². The van der Waals surface area contributed by atoms with Gasteiger partial charge in [-0.25, -0.2) is 4.98 Å². The van der Waals surface area contributed by atoms with Gasteiger partial charge < -0.3 is 24.3 Å². The van der Waals surface area contributed by atoms with Crippen molar-refractivity contribution < 1.29 is 23.7 Å². The van der Waals surface area contributed by atoms with Gasteiger partial charge in [-0.15, -0.1) is 0 Å². The molecule has 4 rings (SSSR count). The van der Waals surface area contributed by atoms with Crippen LogP contribution in [0.2, 0.25) is 0 Å². The molecule has 1 atom stereocenters. The molecule has 27 heavy (non-hydrogen) atoms. The molecule has 2 aliphatic heterocycles. The van der Waals surface area contributed by atoms with Crippen molar-refractivity contribution in [1.29, 1.82) is 0 Å². The normalized spacial score (nSPS) is 20.1. The summed E-state index contributed by atoms with van der Waals surface area (Å²) in [4.78, 5) is 17.0. The number of carbonyl (C=O) groups excluding carboxylic acids is 1. The highest BCUT2D eigenvalue weighted by Crippen LogP contribution is 2.37. The molecule has 142 valence electrons. The van der Waals surface area contributed by atoms with Crippen LogP contribution in [-0.2, 0) is 9.53 Å². The molecule has 0 spiro atoms. The number of aromatic nitrogens is 1. The Morgan fingerprint density at radius 2 is 2.11 bits per heavy atom. The van der Waals surface area contributed by atoms with Crippen molar-refractivity contribution in [3.63, 3.8) is 0 Å². The van der Waals surface area contributed by atoms with Gasteiger partial charge in [0.25, 0.3) is 0 Å². The standard InChI is InChI=1S/C20H22N2O5/c1-20(2)11-13(7-9-26-20)18(23)22-15-4-3-8-21-19(15)27-14-5-6-16-17(10-14)25-12-24-16/h3-6,8,10,13H,7,9,11-12H2,1-2H3,(H,22,23). The summed E-state index contributed by atoms with van der Waals surface area (Å²) in [5.74, 6) is 2.04. The molecule has 0 saturated carbocycles. The molecule has 1 aromatic heterocycles. The highest BCUT2D eigenvalue weighted by molar-refractivity contribution is 5.93. The maximum absolute atomic E-state index is 12.7. The van der Waals surface area contributed by atoms with E-state index in [0.29, 0.717) is 48.3 Å². The van der Waals surface area contributed by atoms with Crippen molar-refractivity contribution >= 4 is 11.6 Å². The minimum Gasteiger partial charge on any atom is -0.454 e. The Hall–Kier alpha value is -2.80. The third-order valence-electron chi connectivity index (χ3n) is 4.66. The van der Waals surface area contributed by atoms with Gasteiger partial charge in [0.2, 0.25) is 18.6 Å². The van der Waals surface area contributed by atoms with E-state index in [-0.39, 0.29) is 24.2 Å². The number of pyridine rings is 1. The number of carbonyl (C=O) groups is 1. The van der Waals surface area contributed by atoms with Crippen LogP contribution in [-0.4, -0.2) is 29.9 Å². The van der Waals surface area contributed by atoms with Gasteiger partial charge in [-0.05, 0) is 51.0 Å². The second kappa shape index (κ2) is 7.08. The molecular formula is C20H22N2O5. The van der Waals surface area contributed by atoms with Crippen LogP contribution >= 0.6 is 0 Å². The lowest BCUT2D eigenvalue weighted by atomic mass is 9.88. The lowest BCUT2D eigenvalue weighted by Crippen LogP contribution is -2.39. The van der Waals surface area contributed by atoms with E-state index < -0.39 is 0 Å². The number of ether oxygens (including phenoxy) is 4. The predicted molar refractivity (Wildman–Crippen MR) is 98.3 cm³/mol. The van der Waals surface area contributed by atoms with Crippen LogP contribution in [0.25, 0.3) is 0 Å². The van der Waals surface area contributed by atoms with E-state index in [0.717, 1.165) is 0 Å². The van der Waals surface area contributed by atoms with E-state index in [2.05, 4.69) is 10.3 Å². The molecule has 1 amide bonds. The largest absolute Gasteiger partial charge is 0.454 e. The Morgan fingerprint density at radius 3 is 2.96 bits per heavy atom. The topological polar surface area (TPSA) is 78.9 Å². The van der Waals surface area contributed by atoms with E-state index in [1.54, 1.807) is 36.5 Å². The van der Waals surface area contributed by atoms with E-state index >= 15 is 0 Å². The summed E-state index contributed by atoms with van der Waals surface area (Å²) in [6.07, 6.45) is 3.00. The fourth-order valence-electron chi connectivity index (χ4n) is 3.31. The number of nitrogens with one attached hydrogen (secondary N) is 1. The van der Waals surface area contributed by atoms with Crippen LogP contribution in [0, 0.1) is 5.92 Å². The molecule has 2 aromatic rings. The molecule has 0 radical (unpaired) electrons. The summed E-state index contributed by atoms with van der Waals surface area (Å²) in [5.41, 5.74) is 0.241. The second-order valence-electron chi connectivity index (χ2n) is 7.26. The zero-order valence-electron chi connectivity index (χ0n) is 15.4. The summed E-state index contributed by atoms with van der Waals surface area (Å²) >= 11 is 0. The maximum Gasteiger partial charge on any atom is 0.243 e. The molecule has 1 N–H and O–H groups in total. The average Bonchev–Trinajstić information content (AvgIpc) is 3.10. The highest BCUT2D eigenvalue weighted by Gasteiger charge is 2.33. The number of fused-ring (bicyclic) bond motifs is 1. The van der Waals surface area contributed by atoms with Crippen molar-refractivity contribution in [3.8, 4) is 23.1 Å². The van der Waals surface area contributed by atoms with Gasteiger partial charge in [-0.3, -0.25) is 4.79 Å². The number of hydrogen-bond donors (Lipinski definition) is 1. The third kappa shape index (κ3) is 3.98. The SMILES string of the molecule is CC1(C)CC(C(=O)Nc2cccnc2Oc2ccc3c(c2)OCO3)CCO1. The molecule has 0 bridgehead atoms. The van der Waals surface area contributed by atoms with Gasteiger partial charge in [0.1, 0.15) is 11.4 Å². The van der Waals surface area contributed by atoms with Crippen LogP contribution in [0.5, 0.6) is 23.1 Å². The molecule has 1 fully saturated rings. The number of rotatable bonds is 4. The number of hydrogen-bond acceptors (Lipinski definition) is 6. The molecule has 0 aliphatic carbocycles. The van der Waals surface area contributed by atoms with Crippen molar-refractivity contribution in [2.45, 2.75) is 32.3 Å². The quantitative estimate of drug-likeness (QED) is 0.883. The minimum atomic E-state index is -0.291. The smallest absolute Gasteiger partial charge is 0.243 e. The van der Waals surface area contributed by atoms with Gasteiger partial charge in [-0.1, -0.05) is 0 Å². The molecule has 1 aromatic carbocycles. The Balaban J connectivity index is 1.49. The van der Waals surface area contributed by atoms with Gasteiger partial charge in [0.15, 0.2) is 11.5 Å². The highest BCUT2D eigenvalue weighted by atomic mass is 16.7. The fraction of sp³-hybridized carbons (Fsp3) is 0.400. The first-order valence-electron chi connectivity index (χ1n) is 8.97. The zero-order chi connectivity index (χ0) is 18.9. The Morgan fingerprint density at radius 1 is 1.26 bits per heavy atom. The van der Waals surface area contributed by atoms with Crippen LogP contribution < -0.4 is 19.5 Å². The monoisotopic (exact) mass is 370 g/mol. The third-order valence-corrected chi connectivity index (χ3v) is 4.66. The Kier molecular flexibility index (Phi) is 4.61. The molecular weight excluding hydrogens is 348 g/mol. The molecule has 7 nitrogen and oxygen atoms in total. The second-order valence-corrected chi connectivity index (χ2v) is 7.26. The van der Waals surface area contributed by atoms with Gasteiger partial charge in [0, 0.05) is 24.8 Å². The van der Waals surface area contributed by atoms with Crippen molar-refractivity contribution in [2.24, 2.45) is 5.92 Å². The van der Waals surface area contributed by atoms with Crippen molar-refractivity contribution in [2.75, 3.05) is 18.7 Å². The fourth-order valence-corrected chi connectivity index (χ4v) is 3.31. The van der Waals surface area contributed by atoms with E-state index in [9.17, 15) is 4.79 Å². The summed E-state index contributed by atoms with van der Waals surface area (Å²) in [5, 5.41) is 2.95. The minimum absolute atomic E-state index is 0.0464. The van der Waals surface area contributed by atoms with Crippen LogP contribution in [0.4, 0.5) is 5.69 Å². The molecule has 7 heteroatoms. The summed E-state index contributed by atoms with van der Waals surface area (Å²) in [6, 6.07) is 8.83. The van der Waals surface area contributed by atoms with Crippen LogP contribution in [0.15, 0.2) is 36.5 Å². The van der Waals surface area contributed by atoms with Crippen molar-refractivity contribution in [1.82, 2.24) is 4.98 Å². The van der Waals surface area contributed by atoms with Gasteiger partial charge in [0.05, 0.1) is 5.60 Å². The molecule has 2 aliphatic rings.